The van der Waals surface area contributed by atoms with E-state index in [2.05, 4.69) is 4.98 Å². The van der Waals surface area contributed by atoms with Crippen molar-refractivity contribution in [2.45, 2.75) is 4.90 Å². The van der Waals surface area contributed by atoms with Gasteiger partial charge in [-0.25, -0.2) is 4.98 Å². The SMILES string of the molecule is Nc1ccc(SCC(Cl)=CCl)cn1. The van der Waals surface area contributed by atoms with Gasteiger partial charge in [0.1, 0.15) is 5.82 Å². The van der Waals surface area contributed by atoms with Gasteiger partial charge >= 0.3 is 0 Å². The molecule has 13 heavy (non-hydrogen) atoms. The van der Waals surface area contributed by atoms with Crippen molar-refractivity contribution in [3.8, 4) is 0 Å². The zero-order valence-corrected chi connectivity index (χ0v) is 9.03. The number of rotatable bonds is 3. The van der Waals surface area contributed by atoms with Crippen LogP contribution in [0.25, 0.3) is 0 Å². The first-order valence-electron chi connectivity index (χ1n) is 3.51. The minimum Gasteiger partial charge on any atom is -0.384 e. The van der Waals surface area contributed by atoms with Crippen LogP contribution in [-0.4, -0.2) is 10.7 Å². The molecule has 1 aromatic rings. The summed E-state index contributed by atoms with van der Waals surface area (Å²) in [5.74, 6) is 1.17. The second-order valence-corrected chi connectivity index (χ2v) is 4.02. The second-order valence-electron chi connectivity index (χ2n) is 2.26. The van der Waals surface area contributed by atoms with E-state index >= 15 is 0 Å². The van der Waals surface area contributed by atoms with Gasteiger partial charge in [0, 0.05) is 27.4 Å². The van der Waals surface area contributed by atoms with Crippen molar-refractivity contribution < 1.29 is 0 Å². The quantitative estimate of drug-likeness (QED) is 0.818. The number of pyridine rings is 1. The molecule has 1 heterocycles. The average Bonchev–Trinajstić information content (AvgIpc) is 2.16. The maximum absolute atomic E-state index is 5.71. The Labute approximate surface area is 91.1 Å². The van der Waals surface area contributed by atoms with Crippen molar-refractivity contribution in [3.05, 3.63) is 28.9 Å². The van der Waals surface area contributed by atoms with E-state index in [-0.39, 0.29) is 0 Å². The largest absolute Gasteiger partial charge is 0.384 e. The Hall–Kier alpha value is -0.380. The number of nitrogens with zero attached hydrogens (tertiary/aromatic N) is 1. The summed E-state index contributed by atoms with van der Waals surface area (Å²) in [7, 11) is 0. The van der Waals surface area contributed by atoms with Crippen LogP contribution >= 0.6 is 35.0 Å². The van der Waals surface area contributed by atoms with Gasteiger partial charge < -0.3 is 5.73 Å². The lowest BCUT2D eigenvalue weighted by molar-refractivity contribution is 1.25. The fourth-order valence-corrected chi connectivity index (χ4v) is 1.67. The van der Waals surface area contributed by atoms with Gasteiger partial charge in [-0.3, -0.25) is 0 Å². The van der Waals surface area contributed by atoms with Crippen molar-refractivity contribution in [2.24, 2.45) is 0 Å². The van der Waals surface area contributed by atoms with Crippen molar-refractivity contribution in [2.75, 3.05) is 11.5 Å². The Balaban J connectivity index is 2.51. The van der Waals surface area contributed by atoms with Crippen LogP contribution in [0.15, 0.2) is 33.8 Å². The predicted octanol–water partition coefficient (Wildman–Crippen LogP) is 3.07. The molecule has 0 unspecified atom stereocenters. The Morgan fingerprint density at radius 1 is 1.62 bits per heavy atom. The number of hydrogen-bond acceptors (Lipinski definition) is 3. The van der Waals surface area contributed by atoms with Gasteiger partial charge in [0.25, 0.3) is 0 Å². The van der Waals surface area contributed by atoms with E-state index in [1.807, 2.05) is 6.07 Å². The molecule has 0 saturated heterocycles. The highest BCUT2D eigenvalue weighted by molar-refractivity contribution is 7.99. The van der Waals surface area contributed by atoms with E-state index in [1.165, 1.54) is 5.54 Å². The van der Waals surface area contributed by atoms with Crippen molar-refractivity contribution in [1.29, 1.82) is 0 Å². The average molecular weight is 235 g/mol. The Kier molecular flexibility index (Phi) is 4.42. The number of halogens is 2. The molecule has 1 rings (SSSR count). The van der Waals surface area contributed by atoms with E-state index < -0.39 is 0 Å². The first-order chi connectivity index (χ1) is 6.22. The zero-order chi connectivity index (χ0) is 9.68. The number of anilines is 1. The standard InChI is InChI=1S/C8H8Cl2N2S/c9-3-6(10)5-13-7-1-2-8(11)12-4-7/h1-4H,5H2,(H2,11,12). The normalized spacial score (nSPS) is 11.7. The number of hydrogen-bond donors (Lipinski definition) is 1. The van der Waals surface area contributed by atoms with Crippen LogP contribution in [0.2, 0.25) is 0 Å². The number of nitrogens with two attached hydrogens (primary N) is 1. The zero-order valence-electron chi connectivity index (χ0n) is 6.71. The minimum atomic E-state index is 0.517. The molecular formula is C8H8Cl2N2S. The number of nitrogen functional groups attached to an aromatic ring is 1. The predicted molar refractivity (Wildman–Crippen MR) is 59.2 cm³/mol. The van der Waals surface area contributed by atoms with Crippen molar-refractivity contribution in [1.82, 2.24) is 4.98 Å². The van der Waals surface area contributed by atoms with Crippen LogP contribution in [0.4, 0.5) is 5.82 Å². The summed E-state index contributed by atoms with van der Waals surface area (Å²) in [4.78, 5) is 4.96. The summed E-state index contributed by atoms with van der Waals surface area (Å²) >= 11 is 12.7. The first-order valence-corrected chi connectivity index (χ1v) is 5.31. The molecule has 0 atom stereocenters. The third-order valence-corrected chi connectivity index (χ3v) is 3.06. The van der Waals surface area contributed by atoms with Gasteiger partial charge in [0.15, 0.2) is 0 Å². The van der Waals surface area contributed by atoms with Crippen LogP contribution in [-0.2, 0) is 0 Å². The lowest BCUT2D eigenvalue weighted by Gasteiger charge is -1.99. The van der Waals surface area contributed by atoms with Crippen LogP contribution in [0.3, 0.4) is 0 Å². The molecule has 5 heteroatoms. The van der Waals surface area contributed by atoms with Crippen LogP contribution < -0.4 is 5.73 Å². The Bertz CT molecular complexity index is 298. The van der Waals surface area contributed by atoms with E-state index in [4.69, 9.17) is 28.9 Å². The highest BCUT2D eigenvalue weighted by atomic mass is 35.5. The molecule has 0 fully saturated rings. The monoisotopic (exact) mass is 234 g/mol. The molecule has 2 nitrogen and oxygen atoms in total. The van der Waals surface area contributed by atoms with Crippen molar-refractivity contribution in [3.63, 3.8) is 0 Å². The molecule has 70 valence electrons. The molecule has 0 radical (unpaired) electrons. The van der Waals surface area contributed by atoms with E-state index in [1.54, 1.807) is 24.0 Å². The maximum atomic E-state index is 5.71. The van der Waals surface area contributed by atoms with E-state index in [0.717, 1.165) is 4.90 Å². The molecule has 0 aliphatic carbocycles. The third-order valence-electron chi connectivity index (χ3n) is 1.25. The summed E-state index contributed by atoms with van der Waals surface area (Å²) in [5.41, 5.74) is 6.79. The van der Waals surface area contributed by atoms with E-state index in [9.17, 15) is 0 Å². The van der Waals surface area contributed by atoms with Gasteiger partial charge in [-0.1, -0.05) is 23.2 Å². The fraction of sp³-hybridized carbons (Fsp3) is 0.125. The lowest BCUT2D eigenvalue weighted by atomic mass is 10.5. The smallest absolute Gasteiger partial charge is 0.123 e. The van der Waals surface area contributed by atoms with Gasteiger partial charge in [0.2, 0.25) is 0 Å². The second kappa shape index (κ2) is 5.37. The summed E-state index contributed by atoms with van der Waals surface area (Å²) in [6.45, 7) is 0. The van der Waals surface area contributed by atoms with Gasteiger partial charge in [-0.2, -0.15) is 0 Å². The van der Waals surface area contributed by atoms with Crippen molar-refractivity contribution >= 4 is 40.8 Å². The highest BCUT2D eigenvalue weighted by Gasteiger charge is 1.96. The molecule has 0 spiro atoms. The Morgan fingerprint density at radius 3 is 2.92 bits per heavy atom. The number of aromatic nitrogens is 1. The van der Waals surface area contributed by atoms with Crippen LogP contribution in [0.5, 0.6) is 0 Å². The van der Waals surface area contributed by atoms with Crippen LogP contribution in [0, 0.1) is 0 Å². The molecule has 1 aromatic heterocycles. The van der Waals surface area contributed by atoms with Gasteiger partial charge in [0.05, 0.1) is 0 Å². The Morgan fingerprint density at radius 2 is 2.38 bits per heavy atom. The molecule has 0 saturated carbocycles. The minimum absolute atomic E-state index is 0.517. The molecule has 0 aromatic carbocycles. The lowest BCUT2D eigenvalue weighted by Crippen LogP contribution is -1.88. The highest BCUT2D eigenvalue weighted by Crippen LogP contribution is 2.21. The molecular weight excluding hydrogens is 227 g/mol. The van der Waals surface area contributed by atoms with Gasteiger partial charge in [-0.05, 0) is 12.1 Å². The van der Waals surface area contributed by atoms with Gasteiger partial charge in [-0.15, -0.1) is 11.8 Å². The maximum Gasteiger partial charge on any atom is 0.123 e. The summed E-state index contributed by atoms with van der Waals surface area (Å²) in [6.07, 6.45) is 1.71. The first kappa shape index (κ1) is 10.7. The summed E-state index contributed by atoms with van der Waals surface area (Å²) < 4.78 is 0. The van der Waals surface area contributed by atoms with Crippen LogP contribution in [0.1, 0.15) is 0 Å². The molecule has 0 aliphatic rings. The third kappa shape index (κ3) is 3.89. The number of thioether (sulfide) groups is 1. The topological polar surface area (TPSA) is 38.9 Å². The molecule has 0 bridgehead atoms. The molecule has 0 aliphatic heterocycles. The summed E-state index contributed by atoms with van der Waals surface area (Å²) in [5, 5.41) is 0.614. The summed E-state index contributed by atoms with van der Waals surface area (Å²) in [6, 6.07) is 3.64. The van der Waals surface area contributed by atoms with E-state index in [0.29, 0.717) is 16.6 Å². The fourth-order valence-electron chi connectivity index (χ4n) is 0.661. The molecule has 2 N–H and O–H groups in total. The molecule has 0 amide bonds.